The van der Waals surface area contributed by atoms with Gasteiger partial charge in [0.15, 0.2) is 0 Å². The van der Waals surface area contributed by atoms with Crippen LogP contribution in [0.5, 0.6) is 0 Å². The van der Waals surface area contributed by atoms with Gasteiger partial charge in [0.2, 0.25) is 0 Å². The van der Waals surface area contributed by atoms with Gasteiger partial charge in [-0.1, -0.05) is 12.1 Å². The fourth-order valence-electron chi connectivity index (χ4n) is 1.51. The molecule has 0 aliphatic heterocycles. The molecule has 1 aromatic heterocycles. The van der Waals surface area contributed by atoms with Crippen LogP contribution in [0.25, 0.3) is 11.3 Å². The molecule has 78 valence electrons. The predicted octanol–water partition coefficient (Wildman–Crippen LogP) is 2.63. The first-order chi connectivity index (χ1) is 7.72. The van der Waals surface area contributed by atoms with E-state index in [4.69, 9.17) is 5.26 Å². The van der Waals surface area contributed by atoms with E-state index in [1.54, 1.807) is 18.3 Å². The van der Waals surface area contributed by atoms with Crippen LogP contribution in [-0.2, 0) is 0 Å². The van der Waals surface area contributed by atoms with Gasteiger partial charge in [-0.2, -0.15) is 15.5 Å². The van der Waals surface area contributed by atoms with E-state index in [2.05, 4.69) is 16.3 Å². The monoisotopic (exact) mass is 209 g/mol. The lowest BCUT2D eigenvalue weighted by molar-refractivity contribution is 1.00. The molecule has 3 nitrogen and oxygen atoms in total. The van der Waals surface area contributed by atoms with Crippen molar-refractivity contribution < 1.29 is 0 Å². The molecule has 1 aromatic carbocycles. The van der Waals surface area contributed by atoms with Gasteiger partial charge in [-0.3, -0.25) is 0 Å². The lowest BCUT2D eigenvalue weighted by atomic mass is 10.0. The third-order valence-electron chi connectivity index (χ3n) is 2.64. The largest absolute Gasteiger partial charge is 0.192 e. The van der Waals surface area contributed by atoms with Gasteiger partial charge >= 0.3 is 0 Å². The first-order valence-electron chi connectivity index (χ1n) is 5.02. The Morgan fingerprint density at radius 2 is 1.81 bits per heavy atom. The second kappa shape index (κ2) is 4.11. The first kappa shape index (κ1) is 10.3. The molecule has 3 heteroatoms. The van der Waals surface area contributed by atoms with Gasteiger partial charge in [0.25, 0.3) is 0 Å². The molecule has 0 unspecified atom stereocenters. The Balaban J connectivity index is 2.51. The van der Waals surface area contributed by atoms with Crippen molar-refractivity contribution in [1.82, 2.24) is 10.2 Å². The highest BCUT2D eigenvalue weighted by atomic mass is 15.1. The van der Waals surface area contributed by atoms with Crippen LogP contribution in [0, 0.1) is 25.2 Å². The Morgan fingerprint density at radius 3 is 2.44 bits per heavy atom. The van der Waals surface area contributed by atoms with Gasteiger partial charge in [0.1, 0.15) is 0 Å². The van der Waals surface area contributed by atoms with Crippen LogP contribution in [0.3, 0.4) is 0 Å². The van der Waals surface area contributed by atoms with E-state index in [-0.39, 0.29) is 0 Å². The maximum atomic E-state index is 8.72. The maximum Gasteiger partial charge on any atom is 0.0991 e. The summed E-state index contributed by atoms with van der Waals surface area (Å²) in [6.45, 7) is 4.04. The number of hydrogen-bond acceptors (Lipinski definition) is 3. The number of nitrogens with zero attached hydrogens (tertiary/aromatic N) is 3. The molecule has 0 fully saturated rings. The predicted molar refractivity (Wildman–Crippen MR) is 61.7 cm³/mol. The van der Waals surface area contributed by atoms with Crippen molar-refractivity contribution in [2.75, 3.05) is 0 Å². The van der Waals surface area contributed by atoms with Crippen molar-refractivity contribution in [1.29, 1.82) is 5.26 Å². The molecule has 0 saturated heterocycles. The average molecular weight is 209 g/mol. The average Bonchev–Trinajstić information content (AvgIpc) is 2.33. The van der Waals surface area contributed by atoms with Gasteiger partial charge in [0.05, 0.1) is 23.5 Å². The van der Waals surface area contributed by atoms with Gasteiger partial charge in [-0.15, -0.1) is 0 Å². The second-order valence-corrected chi connectivity index (χ2v) is 3.69. The molecule has 0 saturated carbocycles. The van der Waals surface area contributed by atoms with Crippen molar-refractivity contribution in [2.45, 2.75) is 13.8 Å². The number of rotatable bonds is 1. The smallest absolute Gasteiger partial charge is 0.0991 e. The molecule has 2 aromatic rings. The Hall–Kier alpha value is -2.21. The Bertz CT molecular complexity index is 550. The third kappa shape index (κ3) is 1.78. The SMILES string of the molecule is Cc1cnnc(-c2ccc(C#N)cc2)c1C. The third-order valence-corrected chi connectivity index (χ3v) is 2.64. The van der Waals surface area contributed by atoms with Crippen LogP contribution in [0.4, 0.5) is 0 Å². The number of benzene rings is 1. The zero-order valence-electron chi connectivity index (χ0n) is 9.23. The van der Waals surface area contributed by atoms with Gasteiger partial charge in [-0.25, -0.2) is 0 Å². The summed E-state index contributed by atoms with van der Waals surface area (Å²) in [4.78, 5) is 0. The first-order valence-corrected chi connectivity index (χ1v) is 5.02. The van der Waals surface area contributed by atoms with E-state index >= 15 is 0 Å². The number of aryl methyl sites for hydroxylation is 1. The van der Waals surface area contributed by atoms with Crippen LogP contribution in [0.1, 0.15) is 16.7 Å². The zero-order valence-corrected chi connectivity index (χ0v) is 9.23. The summed E-state index contributed by atoms with van der Waals surface area (Å²) in [6.07, 6.45) is 1.75. The summed E-state index contributed by atoms with van der Waals surface area (Å²) in [5, 5.41) is 16.8. The fraction of sp³-hybridized carbons (Fsp3) is 0.154. The summed E-state index contributed by atoms with van der Waals surface area (Å²) >= 11 is 0. The van der Waals surface area contributed by atoms with E-state index in [0.29, 0.717) is 5.56 Å². The highest BCUT2D eigenvalue weighted by Gasteiger charge is 2.05. The maximum absolute atomic E-state index is 8.72. The molecule has 0 radical (unpaired) electrons. The molecule has 0 spiro atoms. The van der Waals surface area contributed by atoms with E-state index in [0.717, 1.165) is 22.4 Å². The van der Waals surface area contributed by atoms with Crippen molar-refractivity contribution in [3.05, 3.63) is 47.2 Å². The fourth-order valence-corrected chi connectivity index (χ4v) is 1.51. The van der Waals surface area contributed by atoms with Crippen LogP contribution in [0.15, 0.2) is 30.5 Å². The summed E-state index contributed by atoms with van der Waals surface area (Å²) < 4.78 is 0. The summed E-state index contributed by atoms with van der Waals surface area (Å²) in [5.41, 5.74) is 4.77. The molecule has 0 aliphatic carbocycles. The van der Waals surface area contributed by atoms with Crippen molar-refractivity contribution in [2.24, 2.45) is 0 Å². The molecule has 0 atom stereocenters. The van der Waals surface area contributed by atoms with Gasteiger partial charge in [-0.05, 0) is 37.1 Å². The highest BCUT2D eigenvalue weighted by molar-refractivity contribution is 5.64. The molecule has 0 N–H and O–H groups in total. The standard InChI is InChI=1S/C13H11N3/c1-9-8-15-16-13(10(9)2)12-5-3-11(7-14)4-6-12/h3-6,8H,1-2H3. The normalized spacial score (nSPS) is 9.81. The molecular formula is C13H11N3. The summed E-state index contributed by atoms with van der Waals surface area (Å²) in [5.74, 6) is 0. The second-order valence-electron chi connectivity index (χ2n) is 3.69. The number of hydrogen-bond donors (Lipinski definition) is 0. The Labute approximate surface area is 94.4 Å². The Kier molecular flexibility index (Phi) is 2.65. The quantitative estimate of drug-likeness (QED) is 0.725. The lowest BCUT2D eigenvalue weighted by Crippen LogP contribution is -1.94. The number of nitriles is 1. The topological polar surface area (TPSA) is 49.6 Å². The van der Waals surface area contributed by atoms with Crippen molar-refractivity contribution in [3.63, 3.8) is 0 Å². The molecule has 2 rings (SSSR count). The van der Waals surface area contributed by atoms with Crippen LogP contribution in [0.2, 0.25) is 0 Å². The molecule has 0 aliphatic rings. The van der Waals surface area contributed by atoms with Crippen LogP contribution in [-0.4, -0.2) is 10.2 Å². The Morgan fingerprint density at radius 1 is 1.12 bits per heavy atom. The minimum atomic E-state index is 0.655. The van der Waals surface area contributed by atoms with E-state index in [9.17, 15) is 0 Å². The van der Waals surface area contributed by atoms with Crippen LogP contribution < -0.4 is 0 Å². The summed E-state index contributed by atoms with van der Waals surface area (Å²) in [7, 11) is 0. The number of aromatic nitrogens is 2. The zero-order chi connectivity index (χ0) is 11.5. The van der Waals surface area contributed by atoms with Crippen LogP contribution >= 0.6 is 0 Å². The van der Waals surface area contributed by atoms with Crippen molar-refractivity contribution in [3.8, 4) is 17.3 Å². The molecule has 1 heterocycles. The van der Waals surface area contributed by atoms with E-state index in [1.165, 1.54) is 0 Å². The van der Waals surface area contributed by atoms with E-state index < -0.39 is 0 Å². The van der Waals surface area contributed by atoms with Gasteiger partial charge < -0.3 is 0 Å². The van der Waals surface area contributed by atoms with Crippen molar-refractivity contribution >= 4 is 0 Å². The minimum Gasteiger partial charge on any atom is -0.192 e. The van der Waals surface area contributed by atoms with Gasteiger partial charge in [0, 0.05) is 5.56 Å². The van der Waals surface area contributed by atoms with E-state index in [1.807, 2.05) is 26.0 Å². The highest BCUT2D eigenvalue weighted by Crippen LogP contribution is 2.22. The summed E-state index contributed by atoms with van der Waals surface area (Å²) in [6, 6.07) is 9.47. The molecule has 16 heavy (non-hydrogen) atoms. The minimum absolute atomic E-state index is 0.655. The lowest BCUT2D eigenvalue weighted by Gasteiger charge is -2.05. The molecular weight excluding hydrogens is 198 g/mol. The molecule has 0 bridgehead atoms. The molecule has 0 amide bonds.